The zero-order valence-electron chi connectivity index (χ0n) is 16.1. The molecule has 29 heavy (non-hydrogen) atoms. The molecule has 0 bridgehead atoms. The van der Waals surface area contributed by atoms with E-state index in [1.54, 1.807) is 25.6 Å². The maximum Gasteiger partial charge on any atom is 0.222 e. The van der Waals surface area contributed by atoms with Crippen LogP contribution in [0.3, 0.4) is 0 Å². The van der Waals surface area contributed by atoms with Crippen molar-refractivity contribution in [2.75, 3.05) is 13.1 Å². The van der Waals surface area contributed by atoms with Crippen molar-refractivity contribution in [1.29, 1.82) is 0 Å². The van der Waals surface area contributed by atoms with Crippen LogP contribution in [0.25, 0.3) is 22.5 Å². The van der Waals surface area contributed by atoms with E-state index in [-0.39, 0.29) is 5.91 Å². The smallest absolute Gasteiger partial charge is 0.222 e. The summed E-state index contributed by atoms with van der Waals surface area (Å²) in [7, 11) is 0. The number of aromatic nitrogens is 4. The Morgan fingerprint density at radius 3 is 2.52 bits per heavy atom. The molecule has 1 aliphatic heterocycles. The molecule has 8 heteroatoms. The minimum atomic E-state index is -0.929. The van der Waals surface area contributed by atoms with E-state index in [0.29, 0.717) is 42.3 Å². The summed E-state index contributed by atoms with van der Waals surface area (Å²) in [5.41, 5.74) is 2.41. The first kappa shape index (κ1) is 19.2. The van der Waals surface area contributed by atoms with Crippen LogP contribution < -0.4 is 0 Å². The number of hydrogen-bond acceptors (Lipinski definition) is 4. The highest BCUT2D eigenvalue weighted by Crippen LogP contribution is 2.31. The highest BCUT2D eigenvalue weighted by atomic mass is 19.2. The van der Waals surface area contributed by atoms with E-state index in [1.165, 1.54) is 6.07 Å². The lowest BCUT2D eigenvalue weighted by atomic mass is 10.1. The van der Waals surface area contributed by atoms with Crippen molar-refractivity contribution in [3.63, 3.8) is 0 Å². The van der Waals surface area contributed by atoms with E-state index in [9.17, 15) is 13.6 Å². The van der Waals surface area contributed by atoms with E-state index in [4.69, 9.17) is 0 Å². The van der Waals surface area contributed by atoms with Crippen LogP contribution in [-0.4, -0.2) is 43.4 Å². The van der Waals surface area contributed by atoms with Crippen molar-refractivity contribution in [3.8, 4) is 22.5 Å². The summed E-state index contributed by atoms with van der Waals surface area (Å²) in [6.07, 6.45) is 7.56. The molecule has 6 nitrogen and oxygen atoms in total. The molecule has 4 rings (SSSR count). The second kappa shape index (κ2) is 8.06. The van der Waals surface area contributed by atoms with Gasteiger partial charge in [0.25, 0.3) is 0 Å². The second-order valence-electron chi connectivity index (χ2n) is 7.12. The fraction of sp³-hybridized carbons (Fsp3) is 0.333. The average molecular weight is 397 g/mol. The predicted octanol–water partition coefficient (Wildman–Crippen LogP) is 3.61. The van der Waals surface area contributed by atoms with Crippen LogP contribution in [-0.2, 0) is 11.3 Å². The Labute approximate surface area is 167 Å². The minimum absolute atomic E-state index is 0.164. The summed E-state index contributed by atoms with van der Waals surface area (Å²) >= 11 is 0. The van der Waals surface area contributed by atoms with E-state index in [1.807, 2.05) is 9.47 Å². The predicted molar refractivity (Wildman–Crippen MR) is 104 cm³/mol. The monoisotopic (exact) mass is 397 g/mol. The van der Waals surface area contributed by atoms with Crippen LogP contribution in [0, 0.1) is 18.6 Å². The molecule has 1 aromatic carbocycles. The zero-order chi connectivity index (χ0) is 20.4. The van der Waals surface area contributed by atoms with Crippen LogP contribution in [0.15, 0.2) is 36.9 Å². The lowest BCUT2D eigenvalue weighted by molar-refractivity contribution is -0.133. The molecule has 1 aliphatic rings. The number of amides is 1. The lowest BCUT2D eigenvalue weighted by Crippen LogP contribution is -2.37. The largest absolute Gasteiger partial charge is 0.341 e. The first-order chi connectivity index (χ1) is 14.0. The highest BCUT2D eigenvalue weighted by Gasteiger charge is 2.20. The average Bonchev–Trinajstić information content (AvgIpc) is 3.14. The van der Waals surface area contributed by atoms with Gasteiger partial charge in [-0.25, -0.2) is 23.7 Å². The molecule has 1 fully saturated rings. The molecule has 0 spiro atoms. The summed E-state index contributed by atoms with van der Waals surface area (Å²) in [5, 5.41) is 0. The van der Waals surface area contributed by atoms with Gasteiger partial charge in [-0.3, -0.25) is 4.79 Å². The van der Waals surface area contributed by atoms with Gasteiger partial charge in [0.05, 0.1) is 17.7 Å². The number of likely N-dealkylation sites (tertiary alicyclic amines) is 1. The maximum absolute atomic E-state index is 13.8. The topological polar surface area (TPSA) is 63.9 Å². The number of hydrogen-bond donors (Lipinski definition) is 0. The Morgan fingerprint density at radius 2 is 1.79 bits per heavy atom. The van der Waals surface area contributed by atoms with Crippen molar-refractivity contribution in [2.24, 2.45) is 0 Å². The summed E-state index contributed by atoms with van der Waals surface area (Å²) in [6.45, 7) is 3.64. The standard InChI is InChI=1S/C21H21F2N5O/c1-14-24-11-16(12-25-14)21-20(15-5-6-17(22)18(23)10-15)26-13-28(21)9-8-27-7-3-2-4-19(27)29/h5-6,10-13H,2-4,7-9H2,1H3. The van der Waals surface area contributed by atoms with Gasteiger partial charge in [0, 0.05) is 49.6 Å². The number of imidazole rings is 1. The van der Waals surface area contributed by atoms with Crippen LogP contribution in [0.4, 0.5) is 8.78 Å². The van der Waals surface area contributed by atoms with Crippen molar-refractivity contribution < 1.29 is 13.6 Å². The first-order valence-electron chi connectivity index (χ1n) is 9.60. The van der Waals surface area contributed by atoms with Crippen LogP contribution in [0.1, 0.15) is 25.1 Å². The van der Waals surface area contributed by atoms with E-state index >= 15 is 0 Å². The number of nitrogens with zero attached hydrogens (tertiary/aromatic N) is 5. The molecule has 0 saturated carbocycles. The summed E-state index contributed by atoms with van der Waals surface area (Å²) in [5.74, 6) is -1.04. The minimum Gasteiger partial charge on any atom is -0.341 e. The van der Waals surface area contributed by atoms with Crippen LogP contribution >= 0.6 is 0 Å². The summed E-state index contributed by atoms with van der Waals surface area (Å²) in [6, 6.07) is 3.72. The van der Waals surface area contributed by atoms with Crippen LogP contribution in [0.2, 0.25) is 0 Å². The summed E-state index contributed by atoms with van der Waals surface area (Å²) in [4.78, 5) is 26.9. The third kappa shape index (κ3) is 4.01. The molecular formula is C21H21F2N5O. The molecule has 1 saturated heterocycles. The Balaban J connectivity index is 1.71. The Hall–Kier alpha value is -3.16. The van der Waals surface area contributed by atoms with E-state index < -0.39 is 11.6 Å². The van der Waals surface area contributed by atoms with Gasteiger partial charge in [0.15, 0.2) is 11.6 Å². The van der Waals surface area contributed by atoms with Crippen molar-refractivity contribution in [2.45, 2.75) is 32.7 Å². The normalized spacial score (nSPS) is 14.4. The number of aryl methyl sites for hydroxylation is 1. The molecule has 0 unspecified atom stereocenters. The number of carbonyl (C=O) groups excluding carboxylic acids is 1. The van der Waals surface area contributed by atoms with Gasteiger partial charge in [0.2, 0.25) is 5.91 Å². The molecule has 0 aliphatic carbocycles. The quantitative estimate of drug-likeness (QED) is 0.660. The lowest BCUT2D eigenvalue weighted by Gasteiger charge is -2.27. The molecule has 2 aromatic heterocycles. The fourth-order valence-electron chi connectivity index (χ4n) is 3.55. The molecule has 3 heterocycles. The van der Waals surface area contributed by atoms with Gasteiger partial charge < -0.3 is 9.47 Å². The molecule has 150 valence electrons. The third-order valence-corrected chi connectivity index (χ3v) is 5.12. The van der Waals surface area contributed by atoms with Crippen molar-refractivity contribution in [3.05, 3.63) is 54.4 Å². The molecule has 0 N–H and O–H groups in total. The fourth-order valence-corrected chi connectivity index (χ4v) is 3.55. The van der Waals surface area contributed by atoms with Crippen molar-refractivity contribution >= 4 is 5.91 Å². The van der Waals surface area contributed by atoms with E-state index in [2.05, 4.69) is 15.0 Å². The SMILES string of the molecule is Cc1ncc(-c2c(-c3ccc(F)c(F)c3)ncn2CCN2CCCCC2=O)cn1. The molecule has 3 aromatic rings. The number of halogens is 2. The number of benzene rings is 1. The number of rotatable bonds is 5. The molecular weight excluding hydrogens is 376 g/mol. The molecule has 1 amide bonds. The summed E-state index contributed by atoms with van der Waals surface area (Å²) < 4.78 is 29.1. The Kier molecular flexibility index (Phi) is 5.33. The second-order valence-corrected chi connectivity index (χ2v) is 7.12. The third-order valence-electron chi connectivity index (χ3n) is 5.12. The van der Waals surface area contributed by atoms with Gasteiger partial charge in [-0.15, -0.1) is 0 Å². The van der Waals surface area contributed by atoms with Crippen LogP contribution in [0.5, 0.6) is 0 Å². The molecule has 0 radical (unpaired) electrons. The zero-order valence-corrected chi connectivity index (χ0v) is 16.1. The van der Waals surface area contributed by atoms with Gasteiger partial charge in [-0.05, 0) is 38.0 Å². The number of piperidine rings is 1. The Morgan fingerprint density at radius 1 is 1.00 bits per heavy atom. The van der Waals surface area contributed by atoms with Gasteiger partial charge in [-0.2, -0.15) is 0 Å². The first-order valence-corrected chi connectivity index (χ1v) is 9.60. The van der Waals surface area contributed by atoms with E-state index in [0.717, 1.165) is 37.1 Å². The molecule has 0 atom stereocenters. The van der Waals surface area contributed by atoms with Gasteiger partial charge in [0.1, 0.15) is 5.82 Å². The number of carbonyl (C=O) groups is 1. The highest BCUT2D eigenvalue weighted by molar-refractivity contribution is 5.78. The Bertz CT molecular complexity index is 1030. The van der Waals surface area contributed by atoms with Gasteiger partial charge >= 0.3 is 0 Å². The maximum atomic E-state index is 13.8. The van der Waals surface area contributed by atoms with Crippen molar-refractivity contribution in [1.82, 2.24) is 24.4 Å². The van der Waals surface area contributed by atoms with Gasteiger partial charge in [-0.1, -0.05) is 0 Å².